The lowest BCUT2D eigenvalue weighted by atomic mass is 9.89. The van der Waals surface area contributed by atoms with E-state index in [1.165, 1.54) is 13.2 Å². The predicted molar refractivity (Wildman–Crippen MR) is 116 cm³/mol. The third kappa shape index (κ3) is 5.34. The van der Waals surface area contributed by atoms with Crippen molar-refractivity contribution in [3.05, 3.63) is 11.6 Å². The van der Waals surface area contributed by atoms with Crippen molar-refractivity contribution in [2.75, 3.05) is 7.11 Å². The van der Waals surface area contributed by atoms with E-state index < -0.39 is 47.0 Å². The molecule has 0 fully saturated rings. The summed E-state index contributed by atoms with van der Waals surface area (Å²) in [5, 5.41) is 21.0. The number of hydrogen-bond donors (Lipinski definition) is 2. The summed E-state index contributed by atoms with van der Waals surface area (Å²) in [6.45, 7) is 21.0. The maximum atomic E-state index is 12.5. The molecule has 8 heteroatoms. The zero-order valence-electron chi connectivity index (χ0n) is 19.4. The number of aliphatic hydroxyl groups excluding tert-OH is 2. The number of hydrogen-bond acceptors (Lipinski definition) is 6. The maximum Gasteiger partial charge on any atom is 0.336 e. The van der Waals surface area contributed by atoms with Gasteiger partial charge in [-0.15, -0.1) is 0 Å². The van der Waals surface area contributed by atoms with Crippen molar-refractivity contribution >= 4 is 22.6 Å². The van der Waals surface area contributed by atoms with Gasteiger partial charge in [0.2, 0.25) is 0 Å². The molecule has 28 heavy (non-hydrogen) atoms. The van der Waals surface area contributed by atoms with Crippen LogP contribution in [0.1, 0.15) is 41.5 Å². The quantitative estimate of drug-likeness (QED) is 0.510. The molecule has 0 bridgehead atoms. The van der Waals surface area contributed by atoms with Crippen molar-refractivity contribution in [2.24, 2.45) is 0 Å². The largest absolute Gasteiger partial charge is 0.466 e. The van der Waals surface area contributed by atoms with Crippen LogP contribution in [0, 0.1) is 0 Å². The van der Waals surface area contributed by atoms with Crippen molar-refractivity contribution in [3.63, 3.8) is 0 Å². The summed E-state index contributed by atoms with van der Waals surface area (Å²) in [5.74, 6) is -0.571. The van der Waals surface area contributed by atoms with Crippen LogP contribution in [0.2, 0.25) is 36.3 Å². The van der Waals surface area contributed by atoms with Crippen molar-refractivity contribution in [2.45, 2.75) is 102 Å². The van der Waals surface area contributed by atoms with Crippen LogP contribution in [-0.4, -0.2) is 64.3 Å². The Hall–Kier alpha value is -0.516. The molecule has 0 saturated heterocycles. The molecular weight excluding hydrogens is 392 g/mol. The molecule has 164 valence electrons. The summed E-state index contributed by atoms with van der Waals surface area (Å²) < 4.78 is 18.0. The Labute approximate surface area is 172 Å². The molecule has 0 saturated carbocycles. The second-order valence-corrected chi connectivity index (χ2v) is 20.2. The molecule has 0 radical (unpaired) electrons. The van der Waals surface area contributed by atoms with Crippen LogP contribution in [0.15, 0.2) is 11.6 Å². The molecule has 0 amide bonds. The normalized spacial score (nSPS) is 27.4. The Balaban J connectivity index is 3.46. The Bertz CT molecular complexity index is 601. The minimum absolute atomic E-state index is 0.100. The molecule has 0 unspecified atom stereocenters. The van der Waals surface area contributed by atoms with Crippen LogP contribution in [0.25, 0.3) is 0 Å². The minimum atomic E-state index is -2.32. The summed E-state index contributed by atoms with van der Waals surface area (Å²) in [4.78, 5) is 12.5. The second kappa shape index (κ2) is 8.31. The zero-order valence-corrected chi connectivity index (χ0v) is 21.4. The lowest BCUT2D eigenvalue weighted by Crippen LogP contribution is -2.60. The van der Waals surface area contributed by atoms with Crippen molar-refractivity contribution in [3.8, 4) is 0 Å². The Morgan fingerprint density at radius 1 is 0.929 bits per heavy atom. The molecule has 0 aromatic carbocycles. The molecule has 0 aliphatic heterocycles. The SMILES string of the molecule is COC(=O)C1=C[C@@H](O)[C@@H](O)[C@H](O[Si](C)(C)C(C)(C)C)[C@@H]1O[Si](C)(C)C(C)(C)C. The van der Waals surface area contributed by atoms with Gasteiger partial charge in [-0.1, -0.05) is 41.5 Å². The van der Waals surface area contributed by atoms with Gasteiger partial charge in [0.1, 0.15) is 24.4 Å². The van der Waals surface area contributed by atoms with Gasteiger partial charge in [-0.3, -0.25) is 0 Å². The average molecular weight is 433 g/mol. The molecular formula is C20H40O6Si2. The molecule has 4 atom stereocenters. The highest BCUT2D eigenvalue weighted by atomic mass is 28.4. The van der Waals surface area contributed by atoms with Crippen molar-refractivity contribution in [1.29, 1.82) is 0 Å². The summed E-state index contributed by atoms with van der Waals surface area (Å²) in [5.41, 5.74) is 0.217. The van der Waals surface area contributed by atoms with Crippen LogP contribution in [-0.2, 0) is 18.4 Å². The second-order valence-electron chi connectivity index (χ2n) is 10.7. The number of rotatable bonds is 5. The smallest absolute Gasteiger partial charge is 0.336 e. The van der Waals surface area contributed by atoms with Gasteiger partial charge in [-0.2, -0.15) is 0 Å². The van der Waals surface area contributed by atoms with E-state index in [0.29, 0.717) is 0 Å². The highest BCUT2D eigenvalue weighted by Gasteiger charge is 2.51. The van der Waals surface area contributed by atoms with E-state index in [-0.39, 0.29) is 15.6 Å². The van der Waals surface area contributed by atoms with E-state index in [1.54, 1.807) is 0 Å². The van der Waals surface area contributed by atoms with Gasteiger partial charge in [0.05, 0.1) is 12.7 Å². The predicted octanol–water partition coefficient (Wildman–Crippen LogP) is 3.60. The first-order valence-electron chi connectivity index (χ1n) is 9.87. The molecule has 1 aliphatic rings. The molecule has 6 nitrogen and oxygen atoms in total. The molecule has 1 rings (SSSR count). The Morgan fingerprint density at radius 2 is 1.36 bits per heavy atom. The monoisotopic (exact) mass is 432 g/mol. The number of methoxy groups -OCH3 is 1. The van der Waals surface area contributed by atoms with E-state index >= 15 is 0 Å². The minimum Gasteiger partial charge on any atom is -0.466 e. The van der Waals surface area contributed by atoms with Crippen LogP contribution < -0.4 is 0 Å². The molecule has 0 heterocycles. The van der Waals surface area contributed by atoms with Gasteiger partial charge < -0.3 is 23.8 Å². The fourth-order valence-corrected chi connectivity index (χ4v) is 5.05. The van der Waals surface area contributed by atoms with Crippen LogP contribution in [0.4, 0.5) is 0 Å². The fourth-order valence-electron chi connectivity index (χ4n) is 2.50. The summed E-state index contributed by atoms with van der Waals surface area (Å²) in [6.07, 6.45) is -2.69. The van der Waals surface area contributed by atoms with Crippen molar-refractivity contribution in [1.82, 2.24) is 0 Å². The summed E-state index contributed by atoms with van der Waals surface area (Å²) in [6, 6.07) is 0. The number of esters is 1. The lowest BCUT2D eigenvalue weighted by molar-refractivity contribution is -0.140. The van der Waals surface area contributed by atoms with Crippen molar-refractivity contribution < 1.29 is 28.6 Å². The fraction of sp³-hybridized carbons (Fsp3) is 0.850. The summed E-state index contributed by atoms with van der Waals surface area (Å²) >= 11 is 0. The molecule has 0 aromatic rings. The average Bonchev–Trinajstić information content (AvgIpc) is 2.51. The third-order valence-electron chi connectivity index (χ3n) is 6.53. The van der Waals surface area contributed by atoms with E-state index in [1.807, 2.05) is 0 Å². The van der Waals surface area contributed by atoms with Gasteiger partial charge in [0, 0.05) is 0 Å². The number of aliphatic hydroxyl groups is 2. The first-order chi connectivity index (χ1) is 12.4. The van der Waals surface area contributed by atoms with Gasteiger partial charge in [0.25, 0.3) is 0 Å². The molecule has 0 aromatic heterocycles. The van der Waals surface area contributed by atoms with E-state index in [2.05, 4.69) is 67.7 Å². The number of carbonyl (C=O) groups excluding carboxylic acids is 1. The lowest BCUT2D eigenvalue weighted by Gasteiger charge is -2.48. The first-order valence-corrected chi connectivity index (χ1v) is 15.7. The highest BCUT2D eigenvalue weighted by molar-refractivity contribution is 6.74. The summed E-state index contributed by atoms with van der Waals surface area (Å²) in [7, 11) is -3.33. The molecule has 1 aliphatic carbocycles. The third-order valence-corrected chi connectivity index (χ3v) is 15.5. The zero-order chi connectivity index (χ0) is 22.3. The van der Waals surface area contributed by atoms with Gasteiger partial charge >= 0.3 is 5.97 Å². The molecule has 0 spiro atoms. The Kier molecular flexibility index (Phi) is 7.58. The van der Waals surface area contributed by atoms with E-state index in [0.717, 1.165) is 0 Å². The van der Waals surface area contributed by atoms with Crippen LogP contribution in [0.5, 0.6) is 0 Å². The van der Waals surface area contributed by atoms with Crippen LogP contribution in [0.3, 0.4) is 0 Å². The van der Waals surface area contributed by atoms with E-state index in [4.69, 9.17) is 13.6 Å². The highest BCUT2D eigenvalue weighted by Crippen LogP contribution is 2.43. The Morgan fingerprint density at radius 3 is 1.75 bits per heavy atom. The topological polar surface area (TPSA) is 85.2 Å². The number of carbonyl (C=O) groups is 1. The van der Waals surface area contributed by atoms with Crippen LogP contribution >= 0.6 is 0 Å². The van der Waals surface area contributed by atoms with E-state index in [9.17, 15) is 15.0 Å². The first kappa shape index (κ1) is 25.5. The van der Waals surface area contributed by atoms with Gasteiger partial charge in [0.15, 0.2) is 16.6 Å². The van der Waals surface area contributed by atoms with Gasteiger partial charge in [-0.25, -0.2) is 4.79 Å². The standard InChI is InChI=1S/C20H40O6Si2/c1-19(2,3)27(8,9)25-16-13(18(23)24-7)12-14(21)15(22)17(16)26-28(10,11)20(4,5)6/h12,14-17,21-22H,1-11H3/t14-,15-,16-,17+/m1/s1. The number of ether oxygens (including phenoxy) is 1. The maximum absolute atomic E-state index is 12.5. The van der Waals surface area contributed by atoms with Gasteiger partial charge in [-0.05, 0) is 42.3 Å². The molecule has 2 N–H and O–H groups in total.